The minimum atomic E-state index is -0.298. The Kier molecular flexibility index (Phi) is 4.33. The molecular formula is C12H24N2O2. The van der Waals surface area contributed by atoms with E-state index in [1.807, 2.05) is 21.0 Å². The predicted molar refractivity (Wildman–Crippen MR) is 64.2 cm³/mol. The van der Waals surface area contributed by atoms with Crippen LogP contribution < -0.4 is 5.32 Å². The Balaban J connectivity index is 2.40. The van der Waals surface area contributed by atoms with Gasteiger partial charge in [0.1, 0.15) is 0 Å². The SMILES string of the molecule is CC(C)[C@@H](CNC(=O)C1(C)COC1)N(C)C. The van der Waals surface area contributed by atoms with E-state index in [-0.39, 0.29) is 11.3 Å². The normalized spacial score (nSPS) is 20.7. The molecule has 0 unspecified atom stereocenters. The number of amides is 1. The van der Waals surface area contributed by atoms with Crippen LogP contribution in [-0.4, -0.2) is 50.7 Å². The van der Waals surface area contributed by atoms with Gasteiger partial charge in [0.15, 0.2) is 0 Å². The highest BCUT2D eigenvalue weighted by atomic mass is 16.5. The average molecular weight is 228 g/mol. The van der Waals surface area contributed by atoms with E-state index in [0.29, 0.717) is 31.7 Å². The molecular weight excluding hydrogens is 204 g/mol. The van der Waals surface area contributed by atoms with Crippen molar-refractivity contribution in [3.8, 4) is 0 Å². The first-order valence-electron chi connectivity index (χ1n) is 5.89. The van der Waals surface area contributed by atoms with Crippen molar-refractivity contribution in [3.63, 3.8) is 0 Å². The van der Waals surface area contributed by atoms with Crippen LogP contribution in [0.3, 0.4) is 0 Å². The van der Waals surface area contributed by atoms with E-state index >= 15 is 0 Å². The molecule has 1 aliphatic heterocycles. The zero-order valence-corrected chi connectivity index (χ0v) is 11.0. The van der Waals surface area contributed by atoms with Crippen LogP contribution in [0.5, 0.6) is 0 Å². The van der Waals surface area contributed by atoms with Crippen LogP contribution in [0.25, 0.3) is 0 Å². The van der Waals surface area contributed by atoms with Crippen LogP contribution in [0.1, 0.15) is 20.8 Å². The molecule has 0 saturated carbocycles. The molecule has 0 aromatic heterocycles. The summed E-state index contributed by atoms with van der Waals surface area (Å²) in [6.07, 6.45) is 0. The molecule has 4 nitrogen and oxygen atoms in total. The van der Waals surface area contributed by atoms with Gasteiger partial charge in [0.05, 0.1) is 18.6 Å². The van der Waals surface area contributed by atoms with E-state index in [4.69, 9.17) is 4.74 Å². The maximum atomic E-state index is 11.9. The lowest BCUT2D eigenvalue weighted by Crippen LogP contribution is -2.54. The molecule has 0 radical (unpaired) electrons. The van der Waals surface area contributed by atoms with Crippen molar-refractivity contribution in [1.82, 2.24) is 10.2 Å². The monoisotopic (exact) mass is 228 g/mol. The van der Waals surface area contributed by atoms with Crippen molar-refractivity contribution in [3.05, 3.63) is 0 Å². The largest absolute Gasteiger partial charge is 0.379 e. The maximum absolute atomic E-state index is 11.9. The van der Waals surface area contributed by atoms with Gasteiger partial charge in [0, 0.05) is 12.6 Å². The fourth-order valence-corrected chi connectivity index (χ4v) is 1.96. The highest BCUT2D eigenvalue weighted by molar-refractivity contribution is 5.83. The maximum Gasteiger partial charge on any atom is 0.230 e. The molecule has 94 valence electrons. The average Bonchev–Trinajstić information content (AvgIpc) is 2.12. The molecule has 0 bridgehead atoms. The Morgan fingerprint density at radius 3 is 2.31 bits per heavy atom. The summed E-state index contributed by atoms with van der Waals surface area (Å²) in [6.45, 7) is 8.10. The van der Waals surface area contributed by atoms with E-state index in [1.165, 1.54) is 0 Å². The summed E-state index contributed by atoms with van der Waals surface area (Å²) < 4.78 is 5.09. The summed E-state index contributed by atoms with van der Waals surface area (Å²) in [5.74, 6) is 0.645. The first-order valence-corrected chi connectivity index (χ1v) is 5.89. The zero-order valence-electron chi connectivity index (χ0n) is 11.0. The van der Waals surface area contributed by atoms with Crippen LogP contribution in [0.4, 0.5) is 0 Å². The van der Waals surface area contributed by atoms with Gasteiger partial charge in [0.2, 0.25) is 5.91 Å². The number of carbonyl (C=O) groups excluding carboxylic acids is 1. The second kappa shape index (κ2) is 5.15. The lowest BCUT2D eigenvalue weighted by molar-refractivity contribution is -0.157. The summed E-state index contributed by atoms with van der Waals surface area (Å²) in [7, 11) is 4.09. The first-order chi connectivity index (χ1) is 7.37. The van der Waals surface area contributed by atoms with E-state index in [1.54, 1.807) is 0 Å². The Morgan fingerprint density at radius 1 is 1.44 bits per heavy atom. The highest BCUT2D eigenvalue weighted by Gasteiger charge is 2.41. The second-order valence-electron chi connectivity index (χ2n) is 5.54. The third-order valence-corrected chi connectivity index (χ3v) is 3.29. The van der Waals surface area contributed by atoms with Crippen molar-refractivity contribution in [2.75, 3.05) is 33.9 Å². The summed E-state index contributed by atoms with van der Waals surface area (Å²) >= 11 is 0. The molecule has 0 aromatic carbocycles. The number of hydrogen-bond acceptors (Lipinski definition) is 3. The molecule has 1 fully saturated rings. The van der Waals surface area contributed by atoms with Gasteiger partial charge in [-0.15, -0.1) is 0 Å². The van der Waals surface area contributed by atoms with Gasteiger partial charge in [0.25, 0.3) is 0 Å². The summed E-state index contributed by atoms with van der Waals surface area (Å²) in [4.78, 5) is 14.0. The van der Waals surface area contributed by atoms with E-state index in [0.717, 1.165) is 0 Å². The third kappa shape index (κ3) is 2.95. The van der Waals surface area contributed by atoms with Gasteiger partial charge in [-0.25, -0.2) is 0 Å². The lowest BCUT2D eigenvalue weighted by Gasteiger charge is -2.37. The van der Waals surface area contributed by atoms with Gasteiger partial charge in [-0.05, 0) is 26.9 Å². The third-order valence-electron chi connectivity index (χ3n) is 3.29. The van der Waals surface area contributed by atoms with E-state index in [9.17, 15) is 4.79 Å². The Labute approximate surface area is 98.3 Å². The lowest BCUT2D eigenvalue weighted by atomic mass is 9.87. The van der Waals surface area contributed by atoms with Crippen molar-refractivity contribution in [1.29, 1.82) is 0 Å². The standard InChI is InChI=1S/C12H24N2O2/c1-9(2)10(14(4)5)6-13-11(15)12(3)7-16-8-12/h9-10H,6-8H2,1-5H3,(H,13,15)/t10-/m1/s1. The molecule has 1 heterocycles. The molecule has 1 saturated heterocycles. The minimum Gasteiger partial charge on any atom is -0.379 e. The number of likely N-dealkylation sites (N-methyl/N-ethyl adjacent to an activating group) is 1. The van der Waals surface area contributed by atoms with Crippen LogP contribution >= 0.6 is 0 Å². The molecule has 0 aromatic rings. The quantitative estimate of drug-likeness (QED) is 0.754. The number of ether oxygens (including phenoxy) is 1. The van der Waals surface area contributed by atoms with Gasteiger partial charge < -0.3 is 15.0 Å². The predicted octanol–water partition coefficient (Wildman–Crippen LogP) is 0.725. The Morgan fingerprint density at radius 2 is 2.00 bits per heavy atom. The van der Waals surface area contributed by atoms with Crippen LogP contribution in [0, 0.1) is 11.3 Å². The molecule has 1 N–H and O–H groups in total. The molecule has 1 atom stereocenters. The van der Waals surface area contributed by atoms with Crippen LogP contribution in [0.2, 0.25) is 0 Å². The van der Waals surface area contributed by atoms with E-state index in [2.05, 4.69) is 24.1 Å². The van der Waals surface area contributed by atoms with Crippen molar-refractivity contribution in [2.45, 2.75) is 26.8 Å². The van der Waals surface area contributed by atoms with Gasteiger partial charge in [-0.3, -0.25) is 4.79 Å². The van der Waals surface area contributed by atoms with E-state index < -0.39 is 0 Å². The number of carbonyl (C=O) groups is 1. The van der Waals surface area contributed by atoms with Crippen molar-refractivity contribution in [2.24, 2.45) is 11.3 Å². The number of rotatable bonds is 5. The first kappa shape index (κ1) is 13.5. The molecule has 0 aliphatic carbocycles. The molecule has 1 aliphatic rings. The minimum absolute atomic E-state index is 0.117. The molecule has 0 spiro atoms. The van der Waals surface area contributed by atoms with Gasteiger partial charge in [-0.2, -0.15) is 0 Å². The van der Waals surface area contributed by atoms with Crippen LogP contribution in [-0.2, 0) is 9.53 Å². The zero-order chi connectivity index (χ0) is 12.3. The highest BCUT2D eigenvalue weighted by Crippen LogP contribution is 2.26. The van der Waals surface area contributed by atoms with Crippen molar-refractivity contribution >= 4 is 5.91 Å². The number of nitrogens with one attached hydrogen (secondary N) is 1. The fraction of sp³-hybridized carbons (Fsp3) is 0.917. The molecule has 1 rings (SSSR count). The summed E-state index contributed by atoms with van der Waals surface area (Å²) in [5.41, 5.74) is -0.298. The Bertz CT molecular complexity index is 239. The smallest absolute Gasteiger partial charge is 0.230 e. The van der Waals surface area contributed by atoms with Gasteiger partial charge >= 0.3 is 0 Å². The summed E-state index contributed by atoms with van der Waals surface area (Å²) in [6, 6.07) is 0.383. The van der Waals surface area contributed by atoms with Crippen molar-refractivity contribution < 1.29 is 9.53 Å². The topological polar surface area (TPSA) is 41.6 Å². The summed E-state index contributed by atoms with van der Waals surface area (Å²) in [5, 5.41) is 3.03. The van der Waals surface area contributed by atoms with Gasteiger partial charge in [-0.1, -0.05) is 13.8 Å². The molecule has 16 heavy (non-hydrogen) atoms. The molecule has 1 amide bonds. The number of nitrogens with zero attached hydrogens (tertiary/aromatic N) is 1. The van der Waals surface area contributed by atoms with Crippen LogP contribution in [0.15, 0.2) is 0 Å². The number of hydrogen-bond donors (Lipinski definition) is 1. The second-order valence-corrected chi connectivity index (χ2v) is 5.54. The fourth-order valence-electron chi connectivity index (χ4n) is 1.96. The molecule has 4 heteroatoms. The Hall–Kier alpha value is -0.610.